The highest BCUT2D eigenvalue weighted by atomic mass is 35.5. The average Bonchev–Trinajstić information content (AvgIpc) is 2.85. The summed E-state index contributed by atoms with van der Waals surface area (Å²) in [6.45, 7) is 2.10. The Morgan fingerprint density at radius 3 is 2.56 bits per heavy atom. The lowest BCUT2D eigenvalue weighted by Crippen LogP contribution is -2.30. The molecule has 0 aliphatic heterocycles. The lowest BCUT2D eigenvalue weighted by Gasteiger charge is -2.16. The fourth-order valence-electron chi connectivity index (χ4n) is 3.75. The summed E-state index contributed by atoms with van der Waals surface area (Å²) in [6, 6.07) is 12.5. The number of sulfonamides is 1. The Morgan fingerprint density at radius 2 is 1.92 bits per heavy atom. The van der Waals surface area contributed by atoms with Crippen molar-refractivity contribution >= 4 is 50.1 Å². The molecule has 4 N–H and O–H groups in total. The van der Waals surface area contributed by atoms with Crippen molar-refractivity contribution in [3.05, 3.63) is 81.2 Å². The number of benzene rings is 2. The highest BCUT2D eigenvalue weighted by Gasteiger charge is 2.21. The molecule has 0 fully saturated rings. The van der Waals surface area contributed by atoms with Crippen molar-refractivity contribution in [3.8, 4) is 11.3 Å². The largest absolute Gasteiger partial charge is 0.384 e. The van der Waals surface area contributed by atoms with Gasteiger partial charge >= 0.3 is 0 Å². The van der Waals surface area contributed by atoms with E-state index in [1.807, 2.05) is 0 Å². The molecule has 2 aromatic carbocycles. The van der Waals surface area contributed by atoms with Gasteiger partial charge in [-0.1, -0.05) is 23.7 Å². The Labute approximate surface area is 210 Å². The number of carbonyl (C=O) groups excluding carboxylic acids is 1. The number of rotatable bonds is 6. The van der Waals surface area contributed by atoms with E-state index in [2.05, 4.69) is 15.0 Å². The van der Waals surface area contributed by atoms with Crippen LogP contribution >= 0.6 is 11.6 Å². The molecular formula is C24H21ClFN5O4S. The van der Waals surface area contributed by atoms with Gasteiger partial charge < -0.3 is 15.6 Å². The monoisotopic (exact) mass is 529 g/mol. The van der Waals surface area contributed by atoms with E-state index in [9.17, 15) is 22.4 Å². The molecule has 2 aromatic heterocycles. The molecule has 36 heavy (non-hydrogen) atoms. The van der Waals surface area contributed by atoms with Gasteiger partial charge in [0.1, 0.15) is 22.8 Å². The van der Waals surface area contributed by atoms with E-state index in [4.69, 9.17) is 17.3 Å². The maximum Gasteiger partial charge on any atom is 0.262 e. The molecule has 0 aliphatic carbocycles. The van der Waals surface area contributed by atoms with Gasteiger partial charge in [-0.3, -0.25) is 14.3 Å². The predicted molar refractivity (Wildman–Crippen MR) is 137 cm³/mol. The number of nitrogens with zero attached hydrogens (tertiary/aromatic N) is 2. The number of nitrogens with one attached hydrogen (secondary N) is 2. The van der Waals surface area contributed by atoms with Gasteiger partial charge in [-0.2, -0.15) is 0 Å². The standard InChI is InChI=1S/C24H21ClFN5O4S/c1-3-31-22(27)20(24(33)28-2)21(32)16-8-10-18(29-23(16)31)13-7-9-19(17(26)11-13)30-36(34,35)15-6-4-5-14(25)12-15/h4-12,30H,3,27H2,1-2H3,(H,28,33). The number of carbonyl (C=O) groups is 1. The van der Waals surface area contributed by atoms with Crippen LogP contribution in [-0.4, -0.2) is 30.9 Å². The van der Waals surface area contributed by atoms with Crippen LogP contribution in [0.3, 0.4) is 0 Å². The van der Waals surface area contributed by atoms with E-state index in [0.29, 0.717) is 17.8 Å². The maximum absolute atomic E-state index is 14.9. The summed E-state index contributed by atoms with van der Waals surface area (Å²) in [5.41, 5.74) is 6.00. The number of anilines is 2. The second-order valence-corrected chi connectivity index (χ2v) is 9.86. The smallest absolute Gasteiger partial charge is 0.262 e. The predicted octanol–water partition coefficient (Wildman–Crippen LogP) is 3.62. The van der Waals surface area contributed by atoms with Crippen molar-refractivity contribution in [2.75, 3.05) is 17.5 Å². The molecule has 0 spiro atoms. The summed E-state index contributed by atoms with van der Waals surface area (Å²) >= 11 is 5.87. The molecule has 0 bridgehead atoms. The second kappa shape index (κ2) is 9.59. The third-order valence-electron chi connectivity index (χ3n) is 5.54. The molecule has 4 rings (SSSR count). The molecular weight excluding hydrogens is 509 g/mol. The van der Waals surface area contributed by atoms with E-state index in [1.165, 1.54) is 60.1 Å². The van der Waals surface area contributed by atoms with Gasteiger partial charge in [-0.25, -0.2) is 17.8 Å². The lowest BCUT2D eigenvalue weighted by molar-refractivity contribution is 0.0962. The number of fused-ring (bicyclic) bond motifs is 1. The first-order chi connectivity index (χ1) is 17.1. The Hall–Kier alpha value is -3.96. The normalized spacial score (nSPS) is 11.4. The van der Waals surface area contributed by atoms with Crippen LogP contribution in [0.4, 0.5) is 15.9 Å². The molecule has 1 amide bonds. The number of aryl methyl sites for hydroxylation is 1. The molecule has 0 atom stereocenters. The molecule has 12 heteroatoms. The van der Waals surface area contributed by atoms with Crippen LogP contribution in [0.1, 0.15) is 17.3 Å². The van der Waals surface area contributed by atoms with Crippen LogP contribution < -0.4 is 21.2 Å². The SMILES string of the molecule is CCn1c(N)c(C(=O)NC)c(=O)c2ccc(-c3ccc(NS(=O)(=O)c4cccc(Cl)c4)c(F)c3)nc21. The van der Waals surface area contributed by atoms with Crippen LogP contribution in [0.15, 0.2) is 64.3 Å². The van der Waals surface area contributed by atoms with Crippen LogP contribution in [-0.2, 0) is 16.6 Å². The molecule has 9 nitrogen and oxygen atoms in total. The zero-order valence-corrected chi connectivity index (χ0v) is 20.7. The minimum absolute atomic E-state index is 0.0315. The zero-order valence-electron chi connectivity index (χ0n) is 19.2. The molecule has 186 valence electrons. The van der Waals surface area contributed by atoms with Crippen molar-refractivity contribution < 1.29 is 17.6 Å². The van der Waals surface area contributed by atoms with Crippen molar-refractivity contribution in [2.24, 2.45) is 0 Å². The van der Waals surface area contributed by atoms with Crippen LogP contribution in [0.2, 0.25) is 5.02 Å². The Morgan fingerprint density at radius 1 is 1.17 bits per heavy atom. The van der Waals surface area contributed by atoms with Crippen molar-refractivity contribution in [2.45, 2.75) is 18.4 Å². The second-order valence-electron chi connectivity index (χ2n) is 7.74. The van der Waals surface area contributed by atoms with E-state index >= 15 is 0 Å². The van der Waals surface area contributed by atoms with Gasteiger partial charge in [-0.15, -0.1) is 0 Å². The molecule has 0 radical (unpaired) electrons. The number of nitrogens with two attached hydrogens (primary N) is 1. The fraction of sp³-hybridized carbons (Fsp3) is 0.125. The van der Waals surface area contributed by atoms with Gasteiger partial charge in [0.05, 0.1) is 21.7 Å². The molecule has 4 aromatic rings. The van der Waals surface area contributed by atoms with Crippen LogP contribution in [0.25, 0.3) is 22.3 Å². The zero-order chi connectivity index (χ0) is 26.2. The minimum atomic E-state index is -4.07. The number of amides is 1. The molecule has 0 aliphatic rings. The van der Waals surface area contributed by atoms with Crippen molar-refractivity contribution in [1.82, 2.24) is 14.9 Å². The first-order valence-electron chi connectivity index (χ1n) is 10.7. The maximum atomic E-state index is 14.9. The summed E-state index contributed by atoms with van der Waals surface area (Å²) in [7, 11) is -2.67. The first-order valence-corrected chi connectivity index (χ1v) is 12.6. The summed E-state index contributed by atoms with van der Waals surface area (Å²) in [6.07, 6.45) is 0. The van der Waals surface area contributed by atoms with Gasteiger partial charge in [-0.05, 0) is 49.4 Å². The van der Waals surface area contributed by atoms with Gasteiger partial charge in [0.2, 0.25) is 5.43 Å². The Balaban J connectivity index is 1.76. The molecule has 2 heterocycles. The van der Waals surface area contributed by atoms with Crippen LogP contribution in [0, 0.1) is 5.82 Å². The van der Waals surface area contributed by atoms with Gasteiger partial charge in [0.25, 0.3) is 15.9 Å². The van der Waals surface area contributed by atoms with Crippen molar-refractivity contribution in [1.29, 1.82) is 0 Å². The number of nitrogen functional groups attached to an aromatic ring is 1. The molecule has 0 saturated heterocycles. The van der Waals surface area contributed by atoms with E-state index in [-0.39, 0.29) is 38.0 Å². The van der Waals surface area contributed by atoms with Crippen LogP contribution in [0.5, 0.6) is 0 Å². The summed E-state index contributed by atoms with van der Waals surface area (Å²) in [5, 5.41) is 2.81. The minimum Gasteiger partial charge on any atom is -0.384 e. The fourth-order valence-corrected chi connectivity index (χ4v) is 5.12. The summed E-state index contributed by atoms with van der Waals surface area (Å²) < 4.78 is 43.9. The number of hydrogen-bond acceptors (Lipinski definition) is 6. The highest BCUT2D eigenvalue weighted by molar-refractivity contribution is 7.92. The number of hydrogen-bond donors (Lipinski definition) is 3. The number of pyridine rings is 2. The van der Waals surface area contributed by atoms with E-state index in [1.54, 1.807) is 6.92 Å². The van der Waals surface area contributed by atoms with Crippen molar-refractivity contribution in [3.63, 3.8) is 0 Å². The molecule has 0 unspecified atom stereocenters. The third-order valence-corrected chi connectivity index (χ3v) is 7.13. The van der Waals surface area contributed by atoms with Gasteiger partial charge in [0, 0.05) is 24.2 Å². The topological polar surface area (TPSA) is 136 Å². The number of halogens is 2. The summed E-state index contributed by atoms with van der Waals surface area (Å²) in [4.78, 5) is 29.5. The number of aromatic nitrogens is 2. The average molecular weight is 530 g/mol. The lowest BCUT2D eigenvalue weighted by atomic mass is 10.1. The Bertz CT molecular complexity index is 1690. The molecule has 0 saturated carbocycles. The van der Waals surface area contributed by atoms with E-state index in [0.717, 1.165) is 6.07 Å². The van der Waals surface area contributed by atoms with Gasteiger partial charge in [0.15, 0.2) is 0 Å². The third kappa shape index (κ3) is 4.50. The highest BCUT2D eigenvalue weighted by Crippen LogP contribution is 2.27. The first kappa shape index (κ1) is 25.1. The quantitative estimate of drug-likeness (QED) is 0.349. The Kier molecular flexibility index (Phi) is 6.70. The summed E-state index contributed by atoms with van der Waals surface area (Å²) in [5.74, 6) is -1.47. The van der Waals surface area contributed by atoms with E-state index < -0.39 is 27.2 Å².